The summed E-state index contributed by atoms with van der Waals surface area (Å²) < 4.78 is 8.00. The Balaban J connectivity index is 2.25. The van der Waals surface area contributed by atoms with E-state index in [1.54, 1.807) is 0 Å². The maximum absolute atomic E-state index is 5.85. The van der Waals surface area contributed by atoms with Crippen LogP contribution in [-0.4, -0.2) is 21.8 Å². The molecule has 2 rings (SSSR count). The number of hydrogen-bond acceptors (Lipinski definition) is 4. The Kier molecular flexibility index (Phi) is 3.81. The average Bonchev–Trinajstić information content (AvgIpc) is 2.91. The van der Waals surface area contributed by atoms with Gasteiger partial charge in [0.05, 0.1) is 5.60 Å². The van der Waals surface area contributed by atoms with Crippen LogP contribution in [0.15, 0.2) is 12.4 Å². The minimum Gasteiger partial charge on any atom is -0.373 e. The number of nitrogens with two attached hydrogens (primary N) is 1. The normalized spacial score (nSPS) is 26.3. The van der Waals surface area contributed by atoms with E-state index in [1.807, 2.05) is 12.4 Å². The highest BCUT2D eigenvalue weighted by Gasteiger charge is 2.40. The largest absolute Gasteiger partial charge is 0.373 e. The average molecular weight is 238 g/mol. The zero-order valence-corrected chi connectivity index (χ0v) is 10.6. The summed E-state index contributed by atoms with van der Waals surface area (Å²) in [5.74, 6) is 6.68. The van der Waals surface area contributed by atoms with Crippen LogP contribution in [0.2, 0.25) is 0 Å². The number of hydrogen-bond donors (Lipinski definition) is 2. The van der Waals surface area contributed by atoms with Crippen LogP contribution in [0.1, 0.15) is 45.0 Å². The maximum Gasteiger partial charge on any atom is 0.130 e. The summed E-state index contributed by atoms with van der Waals surface area (Å²) in [4.78, 5) is 4.44. The molecule has 0 radical (unpaired) electrons. The third-order valence-electron chi connectivity index (χ3n) is 3.50. The lowest BCUT2D eigenvalue weighted by atomic mass is 9.93. The van der Waals surface area contributed by atoms with Gasteiger partial charge in [-0.3, -0.25) is 5.84 Å². The molecule has 5 nitrogen and oxygen atoms in total. The molecular weight excluding hydrogens is 216 g/mol. The molecule has 1 fully saturated rings. The van der Waals surface area contributed by atoms with Crippen molar-refractivity contribution in [3.8, 4) is 0 Å². The van der Waals surface area contributed by atoms with Crippen LogP contribution in [-0.2, 0) is 11.3 Å². The van der Waals surface area contributed by atoms with Gasteiger partial charge >= 0.3 is 0 Å². The number of hydrazine groups is 1. The lowest BCUT2D eigenvalue weighted by Gasteiger charge is -2.32. The molecule has 0 saturated carbocycles. The molecule has 96 valence electrons. The summed E-state index contributed by atoms with van der Waals surface area (Å²) in [5.41, 5.74) is 2.63. The van der Waals surface area contributed by atoms with Crippen molar-refractivity contribution < 1.29 is 4.74 Å². The number of imidazole rings is 1. The van der Waals surface area contributed by atoms with Gasteiger partial charge in [0.25, 0.3) is 0 Å². The first-order valence-corrected chi connectivity index (χ1v) is 6.32. The van der Waals surface area contributed by atoms with Gasteiger partial charge in [-0.25, -0.2) is 10.4 Å². The number of rotatable bonds is 5. The lowest BCUT2D eigenvalue weighted by Crippen LogP contribution is -2.45. The number of nitrogens with one attached hydrogen (secondary N) is 1. The molecule has 0 bridgehead atoms. The fourth-order valence-electron chi connectivity index (χ4n) is 2.56. The predicted octanol–water partition coefficient (Wildman–Crippen LogP) is 1.37. The number of aromatic nitrogens is 2. The molecule has 1 aromatic heterocycles. The van der Waals surface area contributed by atoms with Crippen molar-refractivity contribution in [2.75, 3.05) is 6.61 Å². The second-order valence-electron chi connectivity index (χ2n) is 4.84. The van der Waals surface area contributed by atoms with Crippen LogP contribution in [0.25, 0.3) is 0 Å². The van der Waals surface area contributed by atoms with E-state index in [4.69, 9.17) is 10.6 Å². The molecule has 3 N–H and O–H groups in total. The van der Waals surface area contributed by atoms with Gasteiger partial charge in [0.2, 0.25) is 0 Å². The van der Waals surface area contributed by atoms with E-state index in [-0.39, 0.29) is 11.6 Å². The molecule has 1 aromatic rings. The van der Waals surface area contributed by atoms with Crippen molar-refractivity contribution in [3.63, 3.8) is 0 Å². The summed E-state index contributed by atoms with van der Waals surface area (Å²) in [6.07, 6.45) is 7.01. The Morgan fingerprint density at radius 3 is 3.12 bits per heavy atom. The standard InChI is InChI=1S/C12H22N4O/c1-3-7-16-8-6-14-11(16)10(15-13)12(2)5-4-9-17-12/h6,8,10,15H,3-5,7,9,13H2,1-2H3. The summed E-state index contributed by atoms with van der Waals surface area (Å²) in [6, 6.07) is -0.0495. The van der Waals surface area contributed by atoms with Gasteiger partial charge in [0.15, 0.2) is 0 Å². The smallest absolute Gasteiger partial charge is 0.130 e. The molecule has 2 heterocycles. The Hall–Kier alpha value is -0.910. The summed E-state index contributed by atoms with van der Waals surface area (Å²) in [5, 5.41) is 0. The monoisotopic (exact) mass is 238 g/mol. The quantitative estimate of drug-likeness (QED) is 0.600. The van der Waals surface area contributed by atoms with E-state index >= 15 is 0 Å². The van der Waals surface area contributed by atoms with Crippen LogP contribution in [0, 0.1) is 0 Å². The van der Waals surface area contributed by atoms with Crippen molar-refractivity contribution in [2.24, 2.45) is 5.84 Å². The van der Waals surface area contributed by atoms with Gasteiger partial charge in [-0.1, -0.05) is 6.92 Å². The highest BCUT2D eigenvalue weighted by atomic mass is 16.5. The van der Waals surface area contributed by atoms with Crippen molar-refractivity contribution in [2.45, 2.75) is 51.3 Å². The molecule has 0 spiro atoms. The van der Waals surface area contributed by atoms with Gasteiger partial charge < -0.3 is 9.30 Å². The molecule has 1 aliphatic rings. The minimum absolute atomic E-state index is 0.0495. The third-order valence-corrected chi connectivity index (χ3v) is 3.50. The molecule has 1 aliphatic heterocycles. The molecule has 5 heteroatoms. The Labute approximate surface area is 102 Å². The Bertz CT molecular complexity index is 357. The summed E-state index contributed by atoms with van der Waals surface area (Å²) in [6.45, 7) is 6.03. The van der Waals surface area contributed by atoms with E-state index in [1.165, 1.54) is 0 Å². The predicted molar refractivity (Wildman–Crippen MR) is 66.2 cm³/mol. The molecule has 2 unspecified atom stereocenters. The zero-order valence-electron chi connectivity index (χ0n) is 10.6. The van der Waals surface area contributed by atoms with Gasteiger partial charge in [-0.2, -0.15) is 0 Å². The maximum atomic E-state index is 5.85. The van der Waals surface area contributed by atoms with Gasteiger partial charge in [0, 0.05) is 25.5 Å². The van der Waals surface area contributed by atoms with Crippen LogP contribution in [0.3, 0.4) is 0 Å². The van der Waals surface area contributed by atoms with E-state index in [2.05, 4.69) is 28.8 Å². The van der Waals surface area contributed by atoms with Gasteiger partial charge in [-0.05, 0) is 26.2 Å². The van der Waals surface area contributed by atoms with Crippen molar-refractivity contribution in [3.05, 3.63) is 18.2 Å². The summed E-state index contributed by atoms with van der Waals surface area (Å²) >= 11 is 0. The van der Waals surface area contributed by atoms with Crippen LogP contribution in [0.5, 0.6) is 0 Å². The van der Waals surface area contributed by atoms with Crippen molar-refractivity contribution in [1.82, 2.24) is 15.0 Å². The first kappa shape index (κ1) is 12.5. The number of nitrogens with zero attached hydrogens (tertiary/aromatic N) is 2. The topological polar surface area (TPSA) is 65.1 Å². The molecule has 0 aliphatic carbocycles. The lowest BCUT2D eigenvalue weighted by molar-refractivity contribution is -0.0158. The minimum atomic E-state index is -0.244. The zero-order chi connectivity index (χ0) is 12.3. The molecule has 2 atom stereocenters. The third kappa shape index (κ3) is 2.36. The molecule has 1 saturated heterocycles. The van der Waals surface area contributed by atoms with Crippen LogP contribution in [0.4, 0.5) is 0 Å². The van der Waals surface area contributed by atoms with E-state index in [0.29, 0.717) is 0 Å². The van der Waals surface area contributed by atoms with E-state index < -0.39 is 0 Å². The first-order valence-electron chi connectivity index (χ1n) is 6.32. The molecule has 17 heavy (non-hydrogen) atoms. The molecule has 0 amide bonds. The fourth-order valence-corrected chi connectivity index (χ4v) is 2.56. The van der Waals surface area contributed by atoms with Gasteiger partial charge in [0.1, 0.15) is 11.9 Å². The fraction of sp³-hybridized carbons (Fsp3) is 0.750. The van der Waals surface area contributed by atoms with Crippen LogP contribution >= 0.6 is 0 Å². The Morgan fingerprint density at radius 1 is 1.71 bits per heavy atom. The number of ether oxygens (including phenoxy) is 1. The first-order chi connectivity index (χ1) is 8.21. The van der Waals surface area contributed by atoms with Gasteiger partial charge in [-0.15, -0.1) is 0 Å². The second-order valence-corrected chi connectivity index (χ2v) is 4.84. The molecular formula is C12H22N4O. The van der Waals surface area contributed by atoms with E-state index in [0.717, 1.165) is 38.2 Å². The highest BCUT2D eigenvalue weighted by Crippen LogP contribution is 2.36. The van der Waals surface area contributed by atoms with Crippen LogP contribution < -0.4 is 11.3 Å². The van der Waals surface area contributed by atoms with Crippen molar-refractivity contribution >= 4 is 0 Å². The SMILES string of the molecule is CCCn1ccnc1C(NN)C1(C)CCCO1. The van der Waals surface area contributed by atoms with Crippen molar-refractivity contribution in [1.29, 1.82) is 0 Å². The molecule has 0 aromatic carbocycles. The summed E-state index contributed by atoms with van der Waals surface area (Å²) in [7, 11) is 0. The highest BCUT2D eigenvalue weighted by molar-refractivity contribution is 5.07. The Morgan fingerprint density at radius 2 is 2.53 bits per heavy atom. The number of aryl methyl sites for hydroxylation is 1. The van der Waals surface area contributed by atoms with E-state index in [9.17, 15) is 0 Å². The second kappa shape index (κ2) is 5.16.